The van der Waals surface area contributed by atoms with E-state index in [1.165, 1.54) is 42.0 Å². The van der Waals surface area contributed by atoms with Crippen molar-refractivity contribution in [2.45, 2.75) is 90.5 Å². The number of hydrogen-bond donors (Lipinski definition) is 15. The third-order valence-corrected chi connectivity index (χ3v) is 25.8. The normalized spacial score (nSPS) is 12.0. The molecule has 10 aromatic carbocycles. The summed E-state index contributed by atoms with van der Waals surface area (Å²) in [7, 11) is -7.01. The van der Waals surface area contributed by atoms with Crippen molar-refractivity contribution in [2.24, 2.45) is 5.14 Å². The number of para-hydroxylation sites is 1. The number of sulfonamides is 2. The maximum absolute atomic E-state index is 14.2. The van der Waals surface area contributed by atoms with Gasteiger partial charge in [0.25, 0.3) is 0 Å². The Kier molecular flexibility index (Phi) is 35.2. The molecule has 3 aliphatic rings. The summed E-state index contributed by atoms with van der Waals surface area (Å²) >= 11 is 3.46. The summed E-state index contributed by atoms with van der Waals surface area (Å²) in [6.45, 7) is 27.5. The van der Waals surface area contributed by atoms with Gasteiger partial charge in [0.05, 0.1) is 22.9 Å². The summed E-state index contributed by atoms with van der Waals surface area (Å²) in [5.74, 6) is 4.04. The highest BCUT2D eigenvalue weighted by Crippen LogP contribution is 2.37. The fourth-order valence-corrected chi connectivity index (χ4v) is 17.2. The van der Waals surface area contributed by atoms with Crippen LogP contribution in [0.1, 0.15) is 68.5 Å². The zero-order valence-electron chi connectivity index (χ0n) is 80.4. The van der Waals surface area contributed by atoms with Gasteiger partial charge < -0.3 is 79.2 Å². The van der Waals surface area contributed by atoms with E-state index in [0.29, 0.717) is 108 Å². The minimum atomic E-state index is -3.82. The Hall–Kier alpha value is -17.5. The Morgan fingerprint density at radius 3 is 1.30 bits per heavy atom. The third kappa shape index (κ3) is 30.5. The molecule has 0 atom stereocenters. The molecule has 15 aromatic rings. The van der Waals surface area contributed by atoms with E-state index in [4.69, 9.17) is 9.88 Å². The predicted molar refractivity (Wildman–Crippen MR) is 579 cm³/mol. The standard InChI is InChI=1S/C23H26N6O4S2.C22H20FN5O2.C22H23N5O.C20H18BrN5O.C20H19N5O/c1-15-13-25-23(27-18-3-2-4-21(12-18)34(24,30)31)28-22(15)26-19-6-5-17-14-29(10-9-16(17)11-19)35(32,33)20-7-8-20;1-2-20(29)26-16-4-3-5-17(11-16)27-22-25-13-18(23)21(28-22)24-12-14-6-7-19-15(10-14)8-9-30-19;1-5-20(28)24-18-10-9-15(3)19(12-18)26-22-23-13-16(4)21(27-22)25-17-8-6-7-14(2)11-17;1-3-18(27)23-16-8-5-9-17(11-16)25-20-22-12-13(2)19(26-20)24-15-7-4-6-14(21)10-15;1-3-18(26)22-16-10-7-11-17(12-16)23-19-14(2)13-21-20(25-19)24-15-8-5-4-6-9-15/h2-6,11-13,20H,7-10,14H2,1H3,(H2,24,30,31)(H2,25,26,27,28);2-7,10-11,13H,1,8-9,12H2,(H,26,29)(H2,24,25,27,28);5-13H,1H2,2-4H3,(H,24,28)(H2,23,25,26,27);3-12H,1H2,2H3,(H,23,27)(H2,22,24,25,26);3-13H,1H2,2H3,(H,22,26)(H2,21,23,24,25). The van der Waals surface area contributed by atoms with Gasteiger partial charge in [0.1, 0.15) is 29.0 Å². The van der Waals surface area contributed by atoms with Gasteiger partial charge in [-0.05, 0) is 264 Å². The number of halogens is 2. The first-order valence-corrected chi connectivity index (χ1v) is 49.7. The van der Waals surface area contributed by atoms with Crippen LogP contribution >= 0.6 is 15.9 Å². The number of hydrogen-bond acceptors (Lipinski definition) is 29. The number of fused-ring (bicyclic) bond motifs is 2. The van der Waals surface area contributed by atoms with E-state index in [0.717, 1.165) is 131 Å². The molecule has 39 heteroatoms. The van der Waals surface area contributed by atoms with Crippen molar-refractivity contribution in [3.8, 4) is 5.75 Å². The number of nitrogens with two attached hydrogens (primary N) is 1. The number of ether oxygens (including phenoxy) is 1. The van der Waals surface area contributed by atoms with Crippen LogP contribution in [0.5, 0.6) is 5.75 Å². The Morgan fingerprint density at radius 1 is 0.404 bits per heavy atom. The summed E-state index contributed by atoms with van der Waals surface area (Å²) in [5, 5.41) is 47.7. The summed E-state index contributed by atoms with van der Waals surface area (Å²) in [6.07, 6.45) is 16.0. The van der Waals surface area contributed by atoms with Crippen molar-refractivity contribution >= 4 is 192 Å². The average molecular weight is 2060 g/mol. The Bertz CT molecular complexity index is 7600. The zero-order valence-corrected chi connectivity index (χ0v) is 83.7. The molecule has 146 heavy (non-hydrogen) atoms. The van der Waals surface area contributed by atoms with Gasteiger partial charge in [0.15, 0.2) is 11.6 Å². The quantitative estimate of drug-likeness (QED) is 0.0174. The number of amides is 4. The van der Waals surface area contributed by atoms with Gasteiger partial charge in [-0.15, -0.1) is 0 Å². The van der Waals surface area contributed by atoms with Crippen molar-refractivity contribution in [1.29, 1.82) is 0 Å². The molecule has 0 saturated heterocycles. The summed E-state index contributed by atoms with van der Waals surface area (Å²) in [5.41, 5.74) is 19.8. The highest BCUT2D eigenvalue weighted by Gasteiger charge is 2.41. The maximum Gasteiger partial charge on any atom is 0.247 e. The molecule has 5 aromatic heterocycles. The van der Waals surface area contributed by atoms with Crippen molar-refractivity contribution in [2.75, 3.05) is 87.6 Å². The number of nitrogens with one attached hydrogen (secondary N) is 14. The fourth-order valence-electron chi connectivity index (χ4n) is 14.4. The van der Waals surface area contributed by atoms with E-state index < -0.39 is 25.9 Å². The number of carbonyl (C=O) groups is 4. The second-order valence-corrected chi connectivity index (χ2v) is 38.2. The first kappa shape index (κ1) is 104. The molecule has 35 nitrogen and oxygen atoms in total. The third-order valence-electron chi connectivity index (χ3n) is 22.1. The van der Waals surface area contributed by atoms with Crippen LogP contribution < -0.4 is 84.3 Å². The molecule has 0 bridgehead atoms. The van der Waals surface area contributed by atoms with Gasteiger partial charge in [-0.25, -0.2) is 51.3 Å². The first-order chi connectivity index (χ1) is 70.3. The van der Waals surface area contributed by atoms with E-state index in [9.17, 15) is 40.4 Å². The van der Waals surface area contributed by atoms with E-state index >= 15 is 0 Å². The summed E-state index contributed by atoms with van der Waals surface area (Å²) < 4.78 is 70.7. The summed E-state index contributed by atoms with van der Waals surface area (Å²) in [6, 6.07) is 70.9. The number of aromatic nitrogens is 10. The molecule has 7 heterocycles. The number of primary sulfonamides is 1. The van der Waals surface area contributed by atoms with Crippen LogP contribution in [0.4, 0.5) is 137 Å². The minimum Gasteiger partial charge on any atom is -0.493 e. The van der Waals surface area contributed by atoms with Gasteiger partial charge in [0.2, 0.25) is 73.4 Å². The molecule has 0 radical (unpaired) electrons. The van der Waals surface area contributed by atoms with Gasteiger partial charge in [-0.2, -0.15) is 29.2 Å². The molecule has 744 valence electrons. The first-order valence-electron chi connectivity index (χ1n) is 45.9. The lowest BCUT2D eigenvalue weighted by molar-refractivity contribution is -0.112. The number of benzene rings is 10. The van der Waals surface area contributed by atoms with Gasteiger partial charge >= 0.3 is 0 Å². The molecule has 4 amide bonds. The highest BCUT2D eigenvalue weighted by molar-refractivity contribution is 9.10. The van der Waals surface area contributed by atoms with Gasteiger partial charge in [-0.3, -0.25) is 19.2 Å². The fraction of sp³-hybridized carbons (Fsp3) is 0.140. The van der Waals surface area contributed by atoms with Crippen LogP contribution in [0, 0.1) is 47.4 Å². The van der Waals surface area contributed by atoms with Crippen molar-refractivity contribution in [3.63, 3.8) is 0 Å². The van der Waals surface area contributed by atoms with E-state index in [-0.39, 0.29) is 45.5 Å². The molecule has 1 fully saturated rings. The van der Waals surface area contributed by atoms with Crippen LogP contribution in [0.15, 0.2) is 321 Å². The Balaban J connectivity index is 0.000000145. The highest BCUT2D eigenvalue weighted by atomic mass is 79.9. The maximum atomic E-state index is 14.2. The van der Waals surface area contributed by atoms with Gasteiger partial charge in [-0.1, -0.05) is 127 Å². The predicted octanol–water partition coefficient (Wildman–Crippen LogP) is 21.4. The molecule has 0 spiro atoms. The molecule has 0 unspecified atom stereocenters. The van der Waals surface area contributed by atoms with Crippen molar-refractivity contribution < 1.29 is 45.1 Å². The van der Waals surface area contributed by atoms with Crippen molar-refractivity contribution in [3.05, 3.63) is 378 Å². The Morgan fingerprint density at radius 2 is 0.815 bits per heavy atom. The van der Waals surface area contributed by atoms with Crippen LogP contribution in [-0.2, 0) is 65.2 Å². The Labute approximate surface area is 853 Å². The molecule has 2 aliphatic heterocycles. The zero-order chi connectivity index (χ0) is 103. The van der Waals surface area contributed by atoms with E-state index in [1.54, 1.807) is 77.6 Å². The van der Waals surface area contributed by atoms with E-state index in [2.05, 4.69) is 179 Å². The second kappa shape index (κ2) is 49.2. The average Bonchev–Trinajstić information content (AvgIpc) is 1.60. The summed E-state index contributed by atoms with van der Waals surface area (Å²) in [4.78, 5) is 89.6. The molecule has 1 saturated carbocycles. The minimum absolute atomic E-state index is 0.00878. The lowest BCUT2D eigenvalue weighted by atomic mass is 10.0. The largest absolute Gasteiger partial charge is 0.493 e. The van der Waals surface area contributed by atoms with Crippen LogP contribution in [0.2, 0.25) is 0 Å². The topological polar surface area (TPSA) is 472 Å². The smallest absolute Gasteiger partial charge is 0.247 e. The molecule has 18 rings (SSSR count). The van der Waals surface area contributed by atoms with E-state index in [1.807, 2.05) is 199 Å². The number of rotatable bonds is 32. The van der Waals surface area contributed by atoms with Crippen LogP contribution in [-0.4, -0.2) is 113 Å². The van der Waals surface area contributed by atoms with Crippen LogP contribution in [0.3, 0.4) is 0 Å². The SMILES string of the molecule is C=CC(=O)Nc1ccc(C)c(Nc2ncc(C)c(Nc3cccc(C)c3)n2)c1.C=CC(=O)Nc1cccc(Nc2nc(Nc3ccccc3)ncc2C)c1.C=CC(=O)Nc1cccc(Nc2ncc(C)c(Nc3cccc(Br)c3)n2)c1.C=CC(=O)Nc1cccc(Nc2ncc(F)c(NCc3ccc4c(c3)CCO4)n2)c1.Cc1cnc(Nc2cccc(S(N)(=O)=O)c2)nc1Nc1ccc2c(c1)CCN(S(=O)(=O)C1CC1)C2. The van der Waals surface area contributed by atoms with Gasteiger partial charge in [0, 0.05) is 152 Å². The van der Waals surface area contributed by atoms with Crippen LogP contribution in [0.25, 0.3) is 0 Å². The van der Waals surface area contributed by atoms with Crippen molar-refractivity contribution in [1.82, 2.24) is 54.1 Å². The number of carbonyl (C=O) groups excluding carboxylic acids is 4. The lowest BCUT2D eigenvalue weighted by Crippen LogP contribution is -2.38. The monoisotopic (exact) mass is 2060 g/mol. The number of anilines is 23. The number of aryl methyl sites for hydroxylation is 6. The molecule has 1 aliphatic carbocycles. The molecular weight excluding hydrogens is 1960 g/mol. The lowest BCUT2D eigenvalue weighted by Gasteiger charge is -2.28. The second-order valence-electron chi connectivity index (χ2n) is 33.5. The molecular formula is C107H106BrFN26O9S2. The molecule has 16 N–H and O–H groups in total. The number of nitrogens with zero attached hydrogens (tertiary/aromatic N) is 11.